The molecule has 2 fully saturated rings. The molecule has 3 aromatic rings. The van der Waals surface area contributed by atoms with Crippen molar-refractivity contribution in [2.24, 2.45) is 0 Å². The highest BCUT2D eigenvalue weighted by atomic mass is 16.5. The minimum absolute atomic E-state index is 0.301. The van der Waals surface area contributed by atoms with Crippen molar-refractivity contribution < 1.29 is 9.47 Å². The minimum atomic E-state index is 0.301. The zero-order valence-electron chi connectivity index (χ0n) is 18.8. The number of ether oxygens (including phenoxy) is 2. The zero-order chi connectivity index (χ0) is 21.5. The number of fused-ring (bicyclic) bond motifs is 1. The second kappa shape index (κ2) is 8.13. The molecule has 2 saturated heterocycles. The maximum atomic E-state index is 5.93. The molecule has 5 heteroatoms. The van der Waals surface area contributed by atoms with Gasteiger partial charge < -0.3 is 14.4 Å². The number of aromatic nitrogens is 1. The summed E-state index contributed by atoms with van der Waals surface area (Å²) >= 11 is 0. The molecular formula is C26H31N3O2. The van der Waals surface area contributed by atoms with Crippen LogP contribution in [0.3, 0.4) is 0 Å². The Kier molecular flexibility index (Phi) is 5.32. The van der Waals surface area contributed by atoms with Crippen molar-refractivity contribution in [3.63, 3.8) is 0 Å². The van der Waals surface area contributed by atoms with Gasteiger partial charge in [-0.3, -0.25) is 9.88 Å². The Hall–Kier alpha value is -2.63. The Labute approximate surface area is 184 Å². The molecule has 162 valence electrons. The fourth-order valence-electron chi connectivity index (χ4n) is 4.99. The highest BCUT2D eigenvalue weighted by molar-refractivity contribution is 5.99. The van der Waals surface area contributed by atoms with E-state index in [1.807, 2.05) is 6.20 Å². The molecule has 0 N–H and O–H groups in total. The van der Waals surface area contributed by atoms with E-state index in [0.717, 1.165) is 54.1 Å². The summed E-state index contributed by atoms with van der Waals surface area (Å²) in [5, 5.41) is 1.06. The summed E-state index contributed by atoms with van der Waals surface area (Å²) in [5.74, 6) is 0.918. The van der Waals surface area contributed by atoms with Crippen molar-refractivity contribution in [1.29, 1.82) is 0 Å². The third-order valence-corrected chi connectivity index (χ3v) is 6.56. The van der Waals surface area contributed by atoms with Gasteiger partial charge in [-0.25, -0.2) is 0 Å². The number of nitrogens with zero attached hydrogens (tertiary/aromatic N) is 3. The predicted octanol–water partition coefficient (Wildman–Crippen LogP) is 4.52. The highest BCUT2D eigenvalue weighted by Gasteiger charge is 2.37. The van der Waals surface area contributed by atoms with E-state index >= 15 is 0 Å². The van der Waals surface area contributed by atoms with Gasteiger partial charge in [0.1, 0.15) is 0 Å². The molecule has 5 nitrogen and oxygen atoms in total. The summed E-state index contributed by atoms with van der Waals surface area (Å²) in [6.45, 7) is 10.5. The zero-order valence-corrected chi connectivity index (χ0v) is 18.8. The Morgan fingerprint density at radius 2 is 1.68 bits per heavy atom. The van der Waals surface area contributed by atoms with Gasteiger partial charge in [0.25, 0.3) is 0 Å². The maximum Gasteiger partial charge on any atom is 0.153 e. The molecule has 1 aromatic heterocycles. The van der Waals surface area contributed by atoms with Gasteiger partial charge in [-0.05, 0) is 32.4 Å². The molecule has 2 atom stereocenters. The number of anilines is 1. The van der Waals surface area contributed by atoms with E-state index in [9.17, 15) is 0 Å². The molecule has 2 aliphatic heterocycles. The standard InChI is InChI=1S/C26H31N3O2/c1-17-8-10-20(11-9-17)22-6-5-7-23-25(22)27-12-24(26(23)30-4)29-15-21(16-29)28-13-18(2)31-19(3)14-28/h5-12,18-19,21H,13-16H2,1-4H3/t18-,19+. The topological polar surface area (TPSA) is 37.8 Å². The van der Waals surface area contributed by atoms with E-state index in [1.165, 1.54) is 11.1 Å². The number of pyridine rings is 1. The average Bonchev–Trinajstić information content (AvgIpc) is 2.72. The van der Waals surface area contributed by atoms with Crippen LogP contribution in [0.4, 0.5) is 5.69 Å². The van der Waals surface area contributed by atoms with Gasteiger partial charge in [-0.2, -0.15) is 0 Å². The van der Waals surface area contributed by atoms with E-state index < -0.39 is 0 Å². The van der Waals surface area contributed by atoms with Crippen LogP contribution in [0.15, 0.2) is 48.7 Å². The highest BCUT2D eigenvalue weighted by Crippen LogP contribution is 2.40. The summed E-state index contributed by atoms with van der Waals surface area (Å²) in [4.78, 5) is 9.86. The van der Waals surface area contributed by atoms with E-state index in [0.29, 0.717) is 18.2 Å². The molecule has 0 saturated carbocycles. The van der Waals surface area contributed by atoms with Crippen molar-refractivity contribution in [1.82, 2.24) is 9.88 Å². The fourth-order valence-corrected chi connectivity index (χ4v) is 4.99. The Morgan fingerprint density at radius 1 is 0.968 bits per heavy atom. The smallest absolute Gasteiger partial charge is 0.153 e. The van der Waals surface area contributed by atoms with E-state index in [1.54, 1.807) is 7.11 Å². The SMILES string of the molecule is COc1c(N2CC(N3C[C@@H](C)O[C@@H](C)C3)C2)cnc2c(-c3ccc(C)cc3)cccc12. The van der Waals surface area contributed by atoms with Crippen LogP contribution < -0.4 is 9.64 Å². The summed E-state index contributed by atoms with van der Waals surface area (Å²) in [5.41, 5.74) is 5.65. The van der Waals surface area contributed by atoms with Crippen molar-refractivity contribution in [3.8, 4) is 16.9 Å². The average molecular weight is 418 g/mol. The molecule has 2 aromatic carbocycles. The first kappa shape index (κ1) is 20.3. The van der Waals surface area contributed by atoms with Crippen LogP contribution >= 0.6 is 0 Å². The second-order valence-corrected chi connectivity index (χ2v) is 9.01. The summed E-state index contributed by atoms with van der Waals surface area (Å²) < 4.78 is 11.8. The van der Waals surface area contributed by atoms with Crippen LogP contribution in [-0.4, -0.2) is 61.4 Å². The first-order chi connectivity index (χ1) is 15.0. The van der Waals surface area contributed by atoms with E-state index in [4.69, 9.17) is 14.5 Å². The predicted molar refractivity (Wildman–Crippen MR) is 126 cm³/mol. The van der Waals surface area contributed by atoms with Crippen LogP contribution in [0.25, 0.3) is 22.0 Å². The molecule has 3 heterocycles. The van der Waals surface area contributed by atoms with Gasteiger partial charge in [-0.1, -0.05) is 42.0 Å². The number of hydrogen-bond donors (Lipinski definition) is 0. The lowest BCUT2D eigenvalue weighted by molar-refractivity contribution is -0.0831. The number of hydrogen-bond acceptors (Lipinski definition) is 5. The Balaban J connectivity index is 1.43. The monoisotopic (exact) mass is 417 g/mol. The van der Waals surface area contributed by atoms with Crippen molar-refractivity contribution in [2.45, 2.75) is 39.0 Å². The van der Waals surface area contributed by atoms with Crippen LogP contribution in [0.2, 0.25) is 0 Å². The van der Waals surface area contributed by atoms with Crippen LogP contribution in [0.5, 0.6) is 5.75 Å². The largest absolute Gasteiger partial charge is 0.494 e. The second-order valence-electron chi connectivity index (χ2n) is 9.01. The van der Waals surface area contributed by atoms with Crippen molar-refractivity contribution in [3.05, 3.63) is 54.2 Å². The first-order valence-electron chi connectivity index (χ1n) is 11.2. The lowest BCUT2D eigenvalue weighted by Crippen LogP contribution is -2.63. The van der Waals surface area contributed by atoms with Gasteiger partial charge in [-0.15, -0.1) is 0 Å². The summed E-state index contributed by atoms with van der Waals surface area (Å²) in [6.07, 6.45) is 2.59. The first-order valence-corrected chi connectivity index (χ1v) is 11.2. The van der Waals surface area contributed by atoms with Gasteiger partial charge in [0.2, 0.25) is 0 Å². The molecule has 0 unspecified atom stereocenters. The molecule has 0 aliphatic carbocycles. The number of methoxy groups -OCH3 is 1. The van der Waals surface area contributed by atoms with Crippen LogP contribution in [0.1, 0.15) is 19.4 Å². The van der Waals surface area contributed by atoms with Gasteiger partial charge in [0.05, 0.1) is 36.7 Å². The fraction of sp³-hybridized carbons (Fsp3) is 0.423. The Morgan fingerprint density at radius 3 is 2.35 bits per heavy atom. The van der Waals surface area contributed by atoms with Gasteiger partial charge in [0, 0.05) is 43.2 Å². The number of para-hydroxylation sites is 1. The number of rotatable bonds is 4. The number of morpholine rings is 1. The van der Waals surface area contributed by atoms with Crippen molar-refractivity contribution in [2.75, 3.05) is 38.2 Å². The van der Waals surface area contributed by atoms with Crippen LogP contribution in [-0.2, 0) is 4.74 Å². The minimum Gasteiger partial charge on any atom is -0.494 e. The molecule has 0 spiro atoms. The summed E-state index contributed by atoms with van der Waals surface area (Å²) in [6, 6.07) is 15.5. The lowest BCUT2D eigenvalue weighted by atomic mass is 9.99. The molecule has 0 radical (unpaired) electrons. The van der Waals surface area contributed by atoms with Gasteiger partial charge in [0.15, 0.2) is 5.75 Å². The maximum absolute atomic E-state index is 5.93. The quantitative estimate of drug-likeness (QED) is 0.624. The van der Waals surface area contributed by atoms with E-state index in [-0.39, 0.29) is 0 Å². The third-order valence-electron chi connectivity index (χ3n) is 6.56. The Bertz CT molecular complexity index is 1070. The van der Waals surface area contributed by atoms with E-state index in [2.05, 4.69) is 73.0 Å². The summed E-state index contributed by atoms with van der Waals surface area (Å²) in [7, 11) is 1.76. The molecule has 2 aliphatic rings. The van der Waals surface area contributed by atoms with Crippen molar-refractivity contribution >= 4 is 16.6 Å². The molecule has 0 bridgehead atoms. The third kappa shape index (κ3) is 3.77. The number of aryl methyl sites for hydroxylation is 1. The number of benzene rings is 2. The van der Waals surface area contributed by atoms with Crippen LogP contribution in [0, 0.1) is 6.92 Å². The normalized spacial score (nSPS) is 22.5. The van der Waals surface area contributed by atoms with Gasteiger partial charge >= 0.3 is 0 Å². The molecular weight excluding hydrogens is 386 g/mol. The molecule has 31 heavy (non-hydrogen) atoms. The lowest BCUT2D eigenvalue weighted by Gasteiger charge is -2.49. The molecule has 0 amide bonds. The molecule has 5 rings (SSSR count).